The molecular formula is C13H15N3OS. The summed E-state index contributed by atoms with van der Waals surface area (Å²) in [5, 5.41) is 5.42. The van der Waals surface area contributed by atoms with Crippen LogP contribution in [-0.4, -0.2) is 17.9 Å². The van der Waals surface area contributed by atoms with Gasteiger partial charge in [-0.3, -0.25) is 4.79 Å². The molecule has 5 heteroatoms. The third-order valence-corrected chi connectivity index (χ3v) is 3.56. The number of nitrogens with zero attached hydrogens (tertiary/aromatic N) is 1. The average Bonchev–Trinajstić information content (AvgIpc) is 2.86. The summed E-state index contributed by atoms with van der Waals surface area (Å²) in [5.41, 5.74) is 8.62. The molecule has 94 valence electrons. The highest BCUT2D eigenvalue weighted by Gasteiger charge is 2.10. The number of nitrogens with one attached hydrogen (secondary N) is 1. The first-order valence-electron chi connectivity index (χ1n) is 5.68. The van der Waals surface area contributed by atoms with Crippen LogP contribution in [0.4, 0.5) is 0 Å². The van der Waals surface area contributed by atoms with Crippen LogP contribution in [-0.2, 0) is 17.8 Å². The van der Waals surface area contributed by atoms with E-state index in [2.05, 4.69) is 10.3 Å². The number of benzene rings is 1. The molecule has 0 aliphatic rings. The largest absolute Gasteiger partial charge is 0.359 e. The Morgan fingerprint density at radius 1 is 1.44 bits per heavy atom. The van der Waals surface area contributed by atoms with E-state index >= 15 is 0 Å². The second-order valence-corrected chi connectivity index (χ2v) is 4.71. The van der Waals surface area contributed by atoms with E-state index in [1.54, 1.807) is 7.05 Å². The second-order valence-electron chi connectivity index (χ2n) is 3.86. The molecular weight excluding hydrogens is 246 g/mol. The molecule has 0 atom stereocenters. The molecule has 3 N–H and O–H groups in total. The number of amides is 1. The molecule has 1 aromatic heterocycles. The molecule has 0 saturated carbocycles. The molecule has 0 unspecified atom stereocenters. The minimum atomic E-state index is -0.0287. The van der Waals surface area contributed by atoms with Crippen LogP contribution < -0.4 is 11.1 Å². The van der Waals surface area contributed by atoms with Gasteiger partial charge < -0.3 is 11.1 Å². The topological polar surface area (TPSA) is 68.0 Å². The van der Waals surface area contributed by atoms with Gasteiger partial charge in [-0.05, 0) is 5.56 Å². The Morgan fingerprint density at radius 2 is 2.22 bits per heavy atom. The monoisotopic (exact) mass is 261 g/mol. The summed E-state index contributed by atoms with van der Waals surface area (Å²) < 4.78 is 0. The van der Waals surface area contributed by atoms with Crippen molar-refractivity contribution in [1.29, 1.82) is 0 Å². The molecule has 1 amide bonds. The van der Waals surface area contributed by atoms with Crippen molar-refractivity contribution in [3.05, 3.63) is 40.9 Å². The summed E-state index contributed by atoms with van der Waals surface area (Å²) in [6.45, 7) is 0.487. The van der Waals surface area contributed by atoms with Gasteiger partial charge in [0, 0.05) is 24.5 Å². The number of carbonyl (C=O) groups excluding carboxylic acids is 1. The fourth-order valence-electron chi connectivity index (χ4n) is 1.67. The molecule has 1 heterocycles. The number of aromatic nitrogens is 1. The van der Waals surface area contributed by atoms with Crippen molar-refractivity contribution in [3.63, 3.8) is 0 Å². The highest BCUT2D eigenvalue weighted by atomic mass is 32.1. The minimum absolute atomic E-state index is 0.0287. The van der Waals surface area contributed by atoms with Gasteiger partial charge in [0.25, 0.3) is 0 Å². The van der Waals surface area contributed by atoms with Gasteiger partial charge in [-0.25, -0.2) is 4.98 Å². The van der Waals surface area contributed by atoms with E-state index in [9.17, 15) is 4.79 Å². The van der Waals surface area contributed by atoms with Crippen molar-refractivity contribution in [1.82, 2.24) is 10.3 Å². The number of thiazole rings is 1. The molecule has 0 saturated heterocycles. The normalized spacial score (nSPS) is 10.3. The molecule has 0 aliphatic carbocycles. The predicted octanol–water partition coefficient (Wildman–Crippen LogP) is 1.56. The summed E-state index contributed by atoms with van der Waals surface area (Å²) in [6.07, 6.45) is 0.317. The van der Waals surface area contributed by atoms with Crippen molar-refractivity contribution >= 4 is 17.2 Å². The van der Waals surface area contributed by atoms with Gasteiger partial charge in [-0.1, -0.05) is 24.3 Å². The van der Waals surface area contributed by atoms with Crippen molar-refractivity contribution in [3.8, 4) is 10.6 Å². The van der Waals surface area contributed by atoms with Crippen LogP contribution in [0.5, 0.6) is 0 Å². The number of hydrogen-bond acceptors (Lipinski definition) is 4. The summed E-state index contributed by atoms with van der Waals surface area (Å²) >= 11 is 1.54. The Labute approximate surface area is 110 Å². The van der Waals surface area contributed by atoms with Gasteiger partial charge in [-0.15, -0.1) is 11.3 Å². The van der Waals surface area contributed by atoms with E-state index in [-0.39, 0.29) is 5.91 Å². The van der Waals surface area contributed by atoms with Gasteiger partial charge in [-0.2, -0.15) is 0 Å². The maximum absolute atomic E-state index is 11.3. The van der Waals surface area contributed by atoms with E-state index in [0.717, 1.165) is 21.8 Å². The molecule has 0 bridgehead atoms. The smallest absolute Gasteiger partial charge is 0.225 e. The van der Waals surface area contributed by atoms with Gasteiger partial charge in [0.05, 0.1) is 12.1 Å². The Kier molecular flexibility index (Phi) is 4.07. The summed E-state index contributed by atoms with van der Waals surface area (Å²) in [5.74, 6) is -0.0287. The Hall–Kier alpha value is -1.72. The lowest BCUT2D eigenvalue weighted by Gasteiger charge is -2.03. The van der Waals surface area contributed by atoms with Gasteiger partial charge in [0.1, 0.15) is 5.01 Å². The van der Waals surface area contributed by atoms with Crippen LogP contribution in [0.2, 0.25) is 0 Å². The van der Waals surface area contributed by atoms with Crippen LogP contribution in [0.3, 0.4) is 0 Å². The molecule has 18 heavy (non-hydrogen) atoms. The maximum Gasteiger partial charge on any atom is 0.225 e. The summed E-state index contributed by atoms with van der Waals surface area (Å²) in [7, 11) is 1.62. The van der Waals surface area contributed by atoms with Crippen molar-refractivity contribution < 1.29 is 4.79 Å². The van der Waals surface area contributed by atoms with Gasteiger partial charge in [0.2, 0.25) is 5.91 Å². The van der Waals surface area contributed by atoms with Crippen molar-refractivity contribution in [2.45, 2.75) is 13.0 Å². The number of hydrogen-bond donors (Lipinski definition) is 2. The van der Waals surface area contributed by atoms with Crippen LogP contribution in [0.15, 0.2) is 29.6 Å². The SMILES string of the molecule is CNC(=O)Cc1csc(-c2ccccc2CN)n1. The maximum atomic E-state index is 11.3. The van der Waals surface area contributed by atoms with E-state index in [1.165, 1.54) is 11.3 Å². The van der Waals surface area contributed by atoms with Crippen LogP contribution >= 0.6 is 11.3 Å². The minimum Gasteiger partial charge on any atom is -0.359 e. The van der Waals surface area contributed by atoms with E-state index in [0.29, 0.717) is 13.0 Å². The lowest BCUT2D eigenvalue weighted by atomic mass is 10.1. The van der Waals surface area contributed by atoms with E-state index < -0.39 is 0 Å². The first-order chi connectivity index (χ1) is 8.74. The van der Waals surface area contributed by atoms with Gasteiger partial charge >= 0.3 is 0 Å². The Bertz CT molecular complexity index is 551. The third-order valence-electron chi connectivity index (χ3n) is 2.64. The average molecular weight is 261 g/mol. The van der Waals surface area contributed by atoms with Crippen molar-refractivity contribution in [2.75, 3.05) is 7.05 Å². The Morgan fingerprint density at radius 3 is 2.94 bits per heavy atom. The molecule has 0 radical (unpaired) electrons. The fourth-order valence-corrected chi connectivity index (χ4v) is 2.55. The molecule has 0 fully saturated rings. The third kappa shape index (κ3) is 2.75. The zero-order valence-electron chi connectivity index (χ0n) is 10.1. The number of carbonyl (C=O) groups is 1. The summed E-state index contributed by atoms with van der Waals surface area (Å²) in [6, 6.07) is 7.93. The number of likely N-dealkylation sites (N-methyl/N-ethyl adjacent to an activating group) is 1. The van der Waals surface area contributed by atoms with E-state index in [4.69, 9.17) is 5.73 Å². The predicted molar refractivity (Wildman–Crippen MR) is 73.2 cm³/mol. The van der Waals surface area contributed by atoms with Crippen LogP contribution in [0, 0.1) is 0 Å². The molecule has 1 aromatic carbocycles. The first-order valence-corrected chi connectivity index (χ1v) is 6.56. The van der Waals surface area contributed by atoms with Gasteiger partial charge in [0.15, 0.2) is 0 Å². The lowest BCUT2D eigenvalue weighted by molar-refractivity contribution is -0.120. The highest BCUT2D eigenvalue weighted by Crippen LogP contribution is 2.26. The van der Waals surface area contributed by atoms with E-state index in [1.807, 2.05) is 29.6 Å². The summed E-state index contributed by atoms with van der Waals surface area (Å²) in [4.78, 5) is 15.8. The molecule has 0 spiro atoms. The van der Waals surface area contributed by atoms with Crippen LogP contribution in [0.1, 0.15) is 11.3 Å². The molecule has 2 aromatic rings. The standard InChI is InChI=1S/C13H15N3OS/c1-15-12(17)6-10-8-18-13(16-10)11-5-3-2-4-9(11)7-14/h2-5,8H,6-7,14H2,1H3,(H,15,17). The zero-order valence-corrected chi connectivity index (χ0v) is 11.0. The lowest BCUT2D eigenvalue weighted by Crippen LogP contribution is -2.20. The fraction of sp³-hybridized carbons (Fsp3) is 0.231. The molecule has 4 nitrogen and oxygen atoms in total. The number of nitrogens with two attached hydrogens (primary N) is 1. The van der Waals surface area contributed by atoms with Crippen LogP contribution in [0.25, 0.3) is 10.6 Å². The quantitative estimate of drug-likeness (QED) is 0.877. The highest BCUT2D eigenvalue weighted by molar-refractivity contribution is 7.13. The van der Waals surface area contributed by atoms with Crippen molar-refractivity contribution in [2.24, 2.45) is 5.73 Å². The molecule has 0 aliphatic heterocycles. The first kappa shape index (κ1) is 12.7. The zero-order chi connectivity index (χ0) is 13.0. The second kappa shape index (κ2) is 5.75. The molecule has 2 rings (SSSR count). The number of rotatable bonds is 4. The Balaban J connectivity index is 2.26.